The maximum atomic E-state index is 12.9. The summed E-state index contributed by atoms with van der Waals surface area (Å²) < 4.78 is 10.5. The minimum Gasteiger partial charge on any atom is -0.463 e. The molecule has 27 heavy (non-hydrogen) atoms. The first-order valence-electron chi connectivity index (χ1n) is 9.01. The Morgan fingerprint density at radius 1 is 1.37 bits per heavy atom. The van der Waals surface area contributed by atoms with E-state index in [9.17, 15) is 9.59 Å². The molecule has 0 spiro atoms. The van der Waals surface area contributed by atoms with Crippen LogP contribution in [0.4, 0.5) is 0 Å². The van der Waals surface area contributed by atoms with Gasteiger partial charge in [0.1, 0.15) is 0 Å². The molecular formula is C18H22N4O4S. The van der Waals surface area contributed by atoms with E-state index in [-0.39, 0.29) is 18.4 Å². The number of piperazine rings is 1. The van der Waals surface area contributed by atoms with Crippen molar-refractivity contribution in [3.63, 3.8) is 0 Å². The lowest BCUT2D eigenvalue weighted by Crippen LogP contribution is -2.58. The van der Waals surface area contributed by atoms with Gasteiger partial charge in [0.15, 0.2) is 10.8 Å². The van der Waals surface area contributed by atoms with Crippen LogP contribution in [-0.2, 0) is 19.1 Å². The molecule has 2 saturated heterocycles. The first kappa shape index (κ1) is 18.1. The van der Waals surface area contributed by atoms with Gasteiger partial charge in [0, 0.05) is 24.7 Å². The van der Waals surface area contributed by atoms with E-state index >= 15 is 0 Å². The van der Waals surface area contributed by atoms with Crippen molar-refractivity contribution in [2.24, 2.45) is 10.4 Å². The third-order valence-corrected chi connectivity index (χ3v) is 5.81. The van der Waals surface area contributed by atoms with Gasteiger partial charge in [0.25, 0.3) is 0 Å². The second-order valence-electron chi connectivity index (χ2n) is 7.05. The summed E-state index contributed by atoms with van der Waals surface area (Å²) in [7, 11) is 0. The fourth-order valence-electron chi connectivity index (χ4n) is 3.53. The number of hydrogen-bond donors (Lipinski definition) is 0. The Morgan fingerprint density at radius 2 is 2.19 bits per heavy atom. The van der Waals surface area contributed by atoms with Crippen molar-refractivity contribution >= 4 is 29.0 Å². The lowest BCUT2D eigenvalue weighted by molar-refractivity contribution is -0.169. The van der Waals surface area contributed by atoms with Gasteiger partial charge in [0.05, 0.1) is 49.6 Å². The molecule has 1 aromatic heterocycles. The fourth-order valence-corrected chi connectivity index (χ4v) is 4.18. The zero-order chi connectivity index (χ0) is 19.0. The summed E-state index contributed by atoms with van der Waals surface area (Å²) in [5.41, 5.74) is 0.843. The van der Waals surface area contributed by atoms with Crippen LogP contribution < -0.4 is 0 Å². The van der Waals surface area contributed by atoms with Crippen LogP contribution in [0.5, 0.6) is 0 Å². The van der Waals surface area contributed by atoms with E-state index < -0.39 is 5.41 Å². The number of ether oxygens (including phenoxy) is 2. The highest BCUT2D eigenvalue weighted by Crippen LogP contribution is 2.32. The van der Waals surface area contributed by atoms with Gasteiger partial charge >= 0.3 is 5.97 Å². The van der Waals surface area contributed by atoms with Crippen LogP contribution in [0.1, 0.15) is 18.9 Å². The van der Waals surface area contributed by atoms with E-state index in [1.807, 2.05) is 22.1 Å². The van der Waals surface area contributed by atoms with Gasteiger partial charge in [-0.25, -0.2) is 9.78 Å². The minimum atomic E-state index is -0.465. The van der Waals surface area contributed by atoms with Crippen LogP contribution in [0.2, 0.25) is 0 Å². The Morgan fingerprint density at radius 3 is 2.81 bits per heavy atom. The third-order valence-electron chi connectivity index (χ3n) is 5.04. The lowest BCUT2D eigenvalue weighted by atomic mass is 9.86. The summed E-state index contributed by atoms with van der Waals surface area (Å²) in [4.78, 5) is 38.2. The number of aliphatic imine (C=N–C) groups is 1. The Balaban J connectivity index is 1.64. The van der Waals surface area contributed by atoms with Crippen molar-refractivity contribution < 1.29 is 19.1 Å². The number of carbonyl (C=O) groups excluding carboxylic acids is 2. The average Bonchev–Trinajstić information content (AvgIpc) is 3.18. The summed E-state index contributed by atoms with van der Waals surface area (Å²) in [5, 5.41) is 2.72. The van der Waals surface area contributed by atoms with Crippen molar-refractivity contribution in [1.29, 1.82) is 0 Å². The number of amides is 1. The Labute approximate surface area is 161 Å². The molecule has 0 aromatic carbocycles. The quantitative estimate of drug-likeness (QED) is 0.711. The molecule has 0 saturated carbocycles. The van der Waals surface area contributed by atoms with E-state index in [0.29, 0.717) is 45.0 Å². The SMILES string of the molecule is CCOC(=O)C1=C2CN(C(=O)C3(C)COC3)CCN2C(c2nccs2)=NC1. The summed E-state index contributed by atoms with van der Waals surface area (Å²) in [5.74, 6) is 0.465. The molecule has 1 aromatic rings. The third kappa shape index (κ3) is 3.14. The number of esters is 1. The first-order chi connectivity index (χ1) is 13.0. The molecule has 2 fully saturated rings. The van der Waals surface area contributed by atoms with E-state index in [1.54, 1.807) is 13.1 Å². The van der Waals surface area contributed by atoms with Gasteiger partial charge in [-0.15, -0.1) is 11.3 Å². The summed E-state index contributed by atoms with van der Waals surface area (Å²) in [6.07, 6.45) is 1.74. The summed E-state index contributed by atoms with van der Waals surface area (Å²) in [6, 6.07) is 0. The molecule has 8 nitrogen and oxygen atoms in total. The van der Waals surface area contributed by atoms with Crippen LogP contribution in [0.25, 0.3) is 0 Å². The van der Waals surface area contributed by atoms with Gasteiger partial charge in [-0.2, -0.15) is 0 Å². The predicted octanol–water partition coefficient (Wildman–Crippen LogP) is 0.901. The van der Waals surface area contributed by atoms with Gasteiger partial charge in [0.2, 0.25) is 5.91 Å². The fraction of sp³-hybridized carbons (Fsp3) is 0.556. The molecule has 0 N–H and O–H groups in total. The Bertz CT molecular complexity index is 813. The Kier molecular flexibility index (Phi) is 4.73. The second kappa shape index (κ2) is 7.05. The number of hydrogen-bond acceptors (Lipinski definition) is 8. The number of carbonyl (C=O) groups is 2. The first-order valence-corrected chi connectivity index (χ1v) is 9.89. The van der Waals surface area contributed by atoms with Gasteiger partial charge in [-0.3, -0.25) is 9.79 Å². The molecule has 0 bridgehead atoms. The molecule has 0 unspecified atom stereocenters. The van der Waals surface area contributed by atoms with Crippen LogP contribution in [-0.4, -0.2) is 78.5 Å². The normalized spacial score (nSPS) is 21.3. The number of nitrogens with zero attached hydrogens (tertiary/aromatic N) is 4. The molecule has 3 aliphatic heterocycles. The summed E-state index contributed by atoms with van der Waals surface area (Å²) in [6.45, 7) is 6.64. The maximum absolute atomic E-state index is 12.9. The average molecular weight is 390 g/mol. The topological polar surface area (TPSA) is 84.3 Å². The molecule has 144 valence electrons. The molecule has 9 heteroatoms. The maximum Gasteiger partial charge on any atom is 0.337 e. The molecule has 0 aliphatic carbocycles. The van der Waals surface area contributed by atoms with E-state index in [0.717, 1.165) is 16.5 Å². The number of amidine groups is 1. The monoisotopic (exact) mass is 390 g/mol. The molecule has 3 aliphatic rings. The van der Waals surface area contributed by atoms with Crippen LogP contribution in [0, 0.1) is 5.41 Å². The predicted molar refractivity (Wildman–Crippen MR) is 99.4 cm³/mol. The zero-order valence-electron chi connectivity index (χ0n) is 15.4. The highest BCUT2D eigenvalue weighted by molar-refractivity contribution is 7.11. The number of thiazole rings is 1. The van der Waals surface area contributed by atoms with Gasteiger partial charge < -0.3 is 19.3 Å². The molecule has 4 heterocycles. The van der Waals surface area contributed by atoms with Gasteiger partial charge in [-0.1, -0.05) is 0 Å². The molecule has 4 rings (SSSR count). The van der Waals surface area contributed by atoms with Gasteiger partial charge in [-0.05, 0) is 13.8 Å². The highest BCUT2D eigenvalue weighted by Gasteiger charge is 2.45. The molecule has 1 amide bonds. The number of rotatable bonds is 4. The van der Waals surface area contributed by atoms with Crippen molar-refractivity contribution in [3.05, 3.63) is 27.9 Å². The van der Waals surface area contributed by atoms with Crippen molar-refractivity contribution in [3.8, 4) is 0 Å². The van der Waals surface area contributed by atoms with Crippen LogP contribution >= 0.6 is 11.3 Å². The molecular weight excluding hydrogens is 368 g/mol. The standard InChI is InChI=1S/C18H22N4O4S/c1-3-26-16(23)12-8-20-14(15-19-4-7-27-15)22-6-5-21(9-13(12)22)17(24)18(2)10-25-11-18/h4,7H,3,5-6,8-11H2,1-2H3. The van der Waals surface area contributed by atoms with Crippen LogP contribution in [0.15, 0.2) is 27.8 Å². The van der Waals surface area contributed by atoms with E-state index in [4.69, 9.17) is 9.47 Å². The highest BCUT2D eigenvalue weighted by atomic mass is 32.1. The lowest BCUT2D eigenvalue weighted by Gasteiger charge is -2.45. The van der Waals surface area contributed by atoms with Crippen molar-refractivity contribution in [2.75, 3.05) is 46.0 Å². The number of aromatic nitrogens is 1. The Hall–Kier alpha value is -2.26. The number of fused-ring (bicyclic) bond motifs is 1. The van der Waals surface area contributed by atoms with Crippen molar-refractivity contribution in [1.82, 2.24) is 14.8 Å². The second-order valence-corrected chi connectivity index (χ2v) is 7.95. The smallest absolute Gasteiger partial charge is 0.337 e. The summed E-state index contributed by atoms with van der Waals surface area (Å²) >= 11 is 1.51. The molecule has 0 radical (unpaired) electrons. The molecule has 0 atom stereocenters. The van der Waals surface area contributed by atoms with E-state index in [1.165, 1.54) is 11.3 Å². The largest absolute Gasteiger partial charge is 0.463 e. The minimum absolute atomic E-state index is 0.0717. The van der Waals surface area contributed by atoms with Crippen LogP contribution in [0.3, 0.4) is 0 Å². The van der Waals surface area contributed by atoms with Crippen molar-refractivity contribution in [2.45, 2.75) is 13.8 Å². The zero-order valence-corrected chi connectivity index (χ0v) is 16.3. The van der Waals surface area contributed by atoms with E-state index in [2.05, 4.69) is 9.98 Å².